The van der Waals surface area contributed by atoms with Gasteiger partial charge in [0.1, 0.15) is 5.82 Å². The molecule has 3 nitrogen and oxygen atoms in total. The number of likely N-dealkylation sites (tertiary alicyclic amines) is 1. The highest BCUT2D eigenvalue weighted by Gasteiger charge is 2.19. The summed E-state index contributed by atoms with van der Waals surface area (Å²) in [5.74, 6) is 0.998. The average Bonchev–Trinajstić information content (AvgIpc) is 2.31. The van der Waals surface area contributed by atoms with Crippen molar-refractivity contribution in [3.8, 4) is 0 Å². The monoisotopic (exact) mass is 309 g/mol. The van der Waals surface area contributed by atoms with Gasteiger partial charge in [-0.1, -0.05) is 28.6 Å². The molecule has 2 heterocycles. The molecule has 1 aromatic rings. The summed E-state index contributed by atoms with van der Waals surface area (Å²) in [6, 6.07) is 6.66. The highest BCUT2D eigenvalue weighted by molar-refractivity contribution is 9.11. The second-order valence-corrected chi connectivity index (χ2v) is 6.00. The Morgan fingerprint density at radius 2 is 2.22 bits per heavy atom. The molecule has 2 rings (SSSR count). The molecule has 0 saturated carbocycles. The summed E-state index contributed by atoms with van der Waals surface area (Å²) in [7, 11) is 0. The van der Waals surface area contributed by atoms with E-state index in [0.717, 1.165) is 48.5 Å². The first-order chi connectivity index (χ1) is 8.63. The number of rotatable bonds is 4. The molecule has 1 fully saturated rings. The molecule has 0 bridgehead atoms. The molecule has 0 radical (unpaired) electrons. The Labute approximate surface area is 117 Å². The fraction of sp³-hybridized carbons (Fsp3) is 0.500. The van der Waals surface area contributed by atoms with Crippen LogP contribution in [0.3, 0.4) is 0 Å². The van der Waals surface area contributed by atoms with Crippen LogP contribution in [0.2, 0.25) is 0 Å². The molecule has 0 aromatic carbocycles. The lowest BCUT2D eigenvalue weighted by atomic mass is 10.1. The van der Waals surface area contributed by atoms with Gasteiger partial charge in [-0.2, -0.15) is 0 Å². The lowest BCUT2D eigenvalue weighted by Gasteiger charge is -2.32. The largest absolute Gasteiger partial charge is 0.367 e. The van der Waals surface area contributed by atoms with Gasteiger partial charge in [-0.15, -0.1) is 0 Å². The quantitative estimate of drug-likeness (QED) is 0.926. The smallest absolute Gasteiger partial charge is 0.126 e. The molecular formula is C14H20BrN3. The van der Waals surface area contributed by atoms with Crippen molar-refractivity contribution < 1.29 is 0 Å². The van der Waals surface area contributed by atoms with Gasteiger partial charge in [0, 0.05) is 35.9 Å². The summed E-state index contributed by atoms with van der Waals surface area (Å²) in [5.41, 5.74) is 1.06. The number of hydrogen-bond acceptors (Lipinski definition) is 3. The van der Waals surface area contributed by atoms with E-state index in [1.54, 1.807) is 0 Å². The Bertz CT molecular complexity index is 411. The number of nitrogens with one attached hydrogen (secondary N) is 1. The van der Waals surface area contributed by atoms with E-state index < -0.39 is 0 Å². The van der Waals surface area contributed by atoms with Gasteiger partial charge in [0.15, 0.2) is 0 Å². The van der Waals surface area contributed by atoms with Crippen LogP contribution in [0.4, 0.5) is 5.82 Å². The maximum Gasteiger partial charge on any atom is 0.126 e. The number of hydrogen-bond donors (Lipinski definition) is 1. The van der Waals surface area contributed by atoms with Gasteiger partial charge in [0.2, 0.25) is 0 Å². The third-order valence-corrected chi connectivity index (χ3v) is 3.47. The SMILES string of the molecule is C=C(Br)CN1CCC(Nc2cccc(C)n2)CC1. The first-order valence-corrected chi connectivity index (χ1v) is 7.18. The highest BCUT2D eigenvalue weighted by atomic mass is 79.9. The van der Waals surface area contributed by atoms with Crippen LogP contribution in [0.5, 0.6) is 0 Å². The molecule has 0 atom stereocenters. The Balaban J connectivity index is 1.81. The van der Waals surface area contributed by atoms with Crippen LogP contribution in [0, 0.1) is 6.92 Å². The maximum atomic E-state index is 4.49. The van der Waals surface area contributed by atoms with Crippen LogP contribution in [-0.2, 0) is 0 Å². The first-order valence-electron chi connectivity index (χ1n) is 6.39. The Morgan fingerprint density at radius 3 is 2.83 bits per heavy atom. The molecular weight excluding hydrogens is 290 g/mol. The van der Waals surface area contributed by atoms with Crippen molar-refractivity contribution in [1.29, 1.82) is 0 Å². The fourth-order valence-electron chi connectivity index (χ4n) is 2.31. The van der Waals surface area contributed by atoms with E-state index in [1.807, 2.05) is 19.1 Å². The molecule has 1 aromatic heterocycles. The van der Waals surface area contributed by atoms with E-state index in [0.29, 0.717) is 6.04 Å². The minimum Gasteiger partial charge on any atom is -0.367 e. The number of aryl methyl sites for hydroxylation is 1. The van der Waals surface area contributed by atoms with Crippen molar-refractivity contribution in [2.75, 3.05) is 25.0 Å². The van der Waals surface area contributed by atoms with Crippen molar-refractivity contribution in [1.82, 2.24) is 9.88 Å². The topological polar surface area (TPSA) is 28.2 Å². The Morgan fingerprint density at radius 1 is 1.50 bits per heavy atom. The van der Waals surface area contributed by atoms with Crippen molar-refractivity contribution in [2.24, 2.45) is 0 Å². The number of anilines is 1. The predicted octanol–water partition coefficient (Wildman–Crippen LogP) is 3.17. The van der Waals surface area contributed by atoms with Crippen LogP contribution in [0.15, 0.2) is 29.3 Å². The highest BCUT2D eigenvalue weighted by Crippen LogP contribution is 2.17. The summed E-state index contributed by atoms with van der Waals surface area (Å²) in [4.78, 5) is 6.92. The van der Waals surface area contributed by atoms with Crippen molar-refractivity contribution in [3.63, 3.8) is 0 Å². The van der Waals surface area contributed by atoms with E-state index in [9.17, 15) is 0 Å². The van der Waals surface area contributed by atoms with Gasteiger partial charge in [0.05, 0.1) is 0 Å². The van der Waals surface area contributed by atoms with E-state index in [4.69, 9.17) is 0 Å². The van der Waals surface area contributed by atoms with Crippen LogP contribution < -0.4 is 5.32 Å². The second-order valence-electron chi connectivity index (χ2n) is 4.88. The van der Waals surface area contributed by atoms with Gasteiger partial charge in [-0.05, 0) is 31.9 Å². The summed E-state index contributed by atoms with van der Waals surface area (Å²) in [5, 5.41) is 3.52. The van der Waals surface area contributed by atoms with Gasteiger partial charge >= 0.3 is 0 Å². The van der Waals surface area contributed by atoms with Crippen LogP contribution in [0.1, 0.15) is 18.5 Å². The van der Waals surface area contributed by atoms with E-state index in [-0.39, 0.29) is 0 Å². The zero-order valence-corrected chi connectivity index (χ0v) is 12.4. The minimum atomic E-state index is 0.541. The zero-order valence-electron chi connectivity index (χ0n) is 10.8. The number of aromatic nitrogens is 1. The van der Waals surface area contributed by atoms with Crippen LogP contribution >= 0.6 is 15.9 Å². The van der Waals surface area contributed by atoms with Crippen LogP contribution in [-0.4, -0.2) is 35.6 Å². The van der Waals surface area contributed by atoms with Crippen LogP contribution in [0.25, 0.3) is 0 Å². The Hall–Kier alpha value is -0.870. The van der Waals surface area contributed by atoms with E-state index >= 15 is 0 Å². The van der Waals surface area contributed by atoms with Gasteiger partial charge in [-0.3, -0.25) is 4.90 Å². The summed E-state index contributed by atoms with van der Waals surface area (Å²) in [6.45, 7) is 9.11. The van der Waals surface area contributed by atoms with Crippen molar-refractivity contribution in [3.05, 3.63) is 35.0 Å². The summed E-state index contributed by atoms with van der Waals surface area (Å²) < 4.78 is 1.06. The van der Waals surface area contributed by atoms with Gasteiger partial charge in [0.25, 0.3) is 0 Å². The predicted molar refractivity (Wildman–Crippen MR) is 80.1 cm³/mol. The number of pyridine rings is 1. The third kappa shape index (κ3) is 4.10. The number of piperidine rings is 1. The molecule has 4 heteroatoms. The molecule has 0 amide bonds. The standard InChI is InChI=1S/C14H20BrN3/c1-11(15)10-18-8-6-13(7-9-18)17-14-5-3-4-12(2)16-14/h3-5,13H,1,6-10H2,2H3,(H,16,17). The third-order valence-electron chi connectivity index (χ3n) is 3.22. The minimum absolute atomic E-state index is 0.541. The maximum absolute atomic E-state index is 4.49. The van der Waals surface area contributed by atoms with Gasteiger partial charge < -0.3 is 5.32 Å². The molecule has 1 N–H and O–H groups in total. The number of nitrogens with zero attached hydrogens (tertiary/aromatic N) is 2. The summed E-state index contributed by atoms with van der Waals surface area (Å²) >= 11 is 3.43. The second kappa shape index (κ2) is 6.34. The van der Waals surface area contributed by atoms with Crippen molar-refractivity contribution in [2.45, 2.75) is 25.8 Å². The number of halogens is 1. The molecule has 0 unspecified atom stereocenters. The molecule has 1 aliphatic rings. The molecule has 98 valence electrons. The van der Waals surface area contributed by atoms with Gasteiger partial charge in [-0.25, -0.2) is 4.98 Å². The molecule has 1 aliphatic heterocycles. The normalized spacial score (nSPS) is 17.7. The average molecular weight is 310 g/mol. The fourth-order valence-corrected chi connectivity index (χ4v) is 2.67. The Kier molecular flexibility index (Phi) is 4.78. The van der Waals surface area contributed by atoms with E-state index in [1.165, 1.54) is 0 Å². The van der Waals surface area contributed by atoms with E-state index in [2.05, 4.69) is 43.8 Å². The molecule has 18 heavy (non-hydrogen) atoms. The summed E-state index contributed by atoms with van der Waals surface area (Å²) in [6.07, 6.45) is 2.33. The molecule has 0 aliphatic carbocycles. The molecule has 0 spiro atoms. The first kappa shape index (κ1) is 13.6. The van der Waals surface area contributed by atoms with Crippen molar-refractivity contribution >= 4 is 21.7 Å². The lowest BCUT2D eigenvalue weighted by Crippen LogP contribution is -2.39. The lowest BCUT2D eigenvalue weighted by molar-refractivity contribution is 0.239. The zero-order chi connectivity index (χ0) is 13.0. The molecule has 1 saturated heterocycles.